The minimum absolute atomic E-state index is 1.26. The highest BCUT2D eigenvalue weighted by Crippen LogP contribution is 2.52. The van der Waals surface area contributed by atoms with Crippen molar-refractivity contribution in [3.05, 3.63) is 158 Å². The van der Waals surface area contributed by atoms with E-state index in [9.17, 15) is 0 Å². The van der Waals surface area contributed by atoms with Crippen LogP contribution in [0.25, 0.3) is 97.7 Å². The highest BCUT2D eigenvalue weighted by atomic mass is 14.3. The van der Waals surface area contributed by atoms with Gasteiger partial charge in [-0.15, -0.1) is 0 Å². The molecule has 0 aliphatic heterocycles. The quantitative estimate of drug-likeness (QED) is 0.147. The highest BCUT2D eigenvalue weighted by molar-refractivity contribution is 6.45. The Bertz CT molecular complexity index is 2740. The smallest absolute Gasteiger partial charge is 0.000740 e. The third-order valence-electron chi connectivity index (χ3n) is 9.76. The third kappa shape index (κ3) is 3.07. The first-order valence-corrected chi connectivity index (χ1v) is 15.4. The molecule has 0 unspecified atom stereocenters. The second-order valence-electron chi connectivity index (χ2n) is 11.9. The lowest BCUT2D eigenvalue weighted by molar-refractivity contribution is 1.68. The third-order valence-corrected chi connectivity index (χ3v) is 9.76. The second kappa shape index (κ2) is 8.89. The van der Waals surface area contributed by atoms with Gasteiger partial charge in [-0.3, -0.25) is 0 Å². The van der Waals surface area contributed by atoms with Gasteiger partial charge in [0.05, 0.1) is 0 Å². The second-order valence-corrected chi connectivity index (χ2v) is 11.9. The van der Waals surface area contributed by atoms with Crippen LogP contribution in [0.4, 0.5) is 0 Å². The van der Waals surface area contributed by atoms with Gasteiger partial charge in [0.15, 0.2) is 0 Å². The summed E-state index contributed by atoms with van der Waals surface area (Å²) in [5, 5.41) is 18.5. The van der Waals surface area contributed by atoms with Gasteiger partial charge in [0.2, 0.25) is 0 Å². The Hall–Kier alpha value is -5.72. The van der Waals surface area contributed by atoms with Crippen molar-refractivity contribution in [1.29, 1.82) is 0 Å². The van der Waals surface area contributed by atoms with E-state index >= 15 is 0 Å². The summed E-state index contributed by atoms with van der Waals surface area (Å²) in [5.41, 5.74) is 5.18. The van der Waals surface area contributed by atoms with Crippen molar-refractivity contribution in [1.82, 2.24) is 0 Å². The van der Waals surface area contributed by atoms with Crippen molar-refractivity contribution in [3.63, 3.8) is 0 Å². The maximum atomic E-state index is 2.34. The van der Waals surface area contributed by atoms with Gasteiger partial charge in [0.25, 0.3) is 0 Å². The minimum Gasteiger partial charge on any atom is -0.0622 e. The summed E-state index contributed by atoms with van der Waals surface area (Å²) in [7, 11) is 0. The lowest BCUT2D eigenvalue weighted by Crippen LogP contribution is -1.95. The summed E-state index contributed by atoms with van der Waals surface area (Å²) in [6.07, 6.45) is 0. The van der Waals surface area contributed by atoms with Crippen molar-refractivity contribution in [3.8, 4) is 22.3 Å². The van der Waals surface area contributed by atoms with Crippen LogP contribution in [0.5, 0.6) is 0 Å². The summed E-state index contributed by atoms with van der Waals surface area (Å²) >= 11 is 0. The lowest BCUT2D eigenvalue weighted by atomic mass is 9.80. The fourth-order valence-corrected chi connectivity index (χ4v) is 8.08. The molecule has 0 nitrogen and oxygen atoms in total. The zero-order valence-electron chi connectivity index (χ0n) is 24.0. The molecule has 0 saturated heterocycles. The van der Waals surface area contributed by atoms with Crippen molar-refractivity contribution in [2.45, 2.75) is 0 Å². The zero-order valence-corrected chi connectivity index (χ0v) is 24.0. The zero-order chi connectivity index (χ0) is 28.8. The van der Waals surface area contributed by atoms with Crippen LogP contribution < -0.4 is 0 Å². The number of hydrogen-bond donors (Lipinski definition) is 0. The summed E-state index contributed by atoms with van der Waals surface area (Å²) in [5.74, 6) is 0. The van der Waals surface area contributed by atoms with E-state index in [1.807, 2.05) is 0 Å². The standard InChI is InChI=1S/C44H26/c1-2-14-28(15-3-1)39-31-18-6-8-20-35(31)43-41-33(23-11-25-37(39)41)34-24-12-26-38-40(30-22-10-16-27-13-4-5-17-29(27)30)32-19-7-9-21-36(32)44(43)42(34)38/h1-26H. The Labute approximate surface area is 254 Å². The normalized spacial score (nSPS) is 12.1. The molecule has 0 radical (unpaired) electrons. The molecule has 0 bridgehead atoms. The fraction of sp³-hybridized carbons (Fsp3) is 0. The summed E-state index contributed by atoms with van der Waals surface area (Å²) in [6.45, 7) is 0. The van der Waals surface area contributed by atoms with Crippen LogP contribution in [0.15, 0.2) is 158 Å². The molecule has 10 rings (SSSR count). The van der Waals surface area contributed by atoms with E-state index in [0.29, 0.717) is 0 Å². The molecule has 0 fully saturated rings. The largest absolute Gasteiger partial charge is 0.0622 e. The van der Waals surface area contributed by atoms with Gasteiger partial charge < -0.3 is 0 Å². The van der Waals surface area contributed by atoms with E-state index in [4.69, 9.17) is 0 Å². The molecule has 202 valence electrons. The lowest BCUT2D eigenvalue weighted by Gasteiger charge is -2.23. The molecule has 10 aromatic rings. The number of rotatable bonds is 2. The van der Waals surface area contributed by atoms with Gasteiger partial charge in [-0.25, -0.2) is 0 Å². The molecule has 0 atom stereocenters. The van der Waals surface area contributed by atoms with Gasteiger partial charge in [-0.05, 0) is 97.7 Å². The Morgan fingerprint density at radius 3 is 1.30 bits per heavy atom. The van der Waals surface area contributed by atoms with Crippen LogP contribution in [-0.2, 0) is 0 Å². The molecule has 0 aliphatic rings. The first kappa shape index (κ1) is 23.8. The van der Waals surface area contributed by atoms with E-state index in [1.54, 1.807) is 0 Å². The molecule has 0 heterocycles. The van der Waals surface area contributed by atoms with E-state index in [1.165, 1.54) is 97.7 Å². The molecule has 44 heavy (non-hydrogen) atoms. The molecular formula is C44H26. The van der Waals surface area contributed by atoms with Crippen molar-refractivity contribution in [2.75, 3.05) is 0 Å². The summed E-state index contributed by atoms with van der Waals surface area (Å²) in [4.78, 5) is 0. The van der Waals surface area contributed by atoms with Crippen LogP contribution in [0, 0.1) is 0 Å². The molecule has 0 aromatic heterocycles. The average Bonchev–Trinajstić information content (AvgIpc) is 3.09. The van der Waals surface area contributed by atoms with Gasteiger partial charge in [-0.1, -0.05) is 158 Å². The van der Waals surface area contributed by atoms with E-state index < -0.39 is 0 Å². The molecule has 0 spiro atoms. The Morgan fingerprint density at radius 2 is 0.636 bits per heavy atom. The van der Waals surface area contributed by atoms with Crippen LogP contribution >= 0.6 is 0 Å². The molecule has 0 heteroatoms. The Balaban J connectivity index is 1.53. The fourth-order valence-electron chi connectivity index (χ4n) is 8.08. The molecule has 0 saturated carbocycles. The van der Waals surface area contributed by atoms with Gasteiger partial charge >= 0.3 is 0 Å². The molecule has 0 amide bonds. The Morgan fingerprint density at radius 1 is 0.227 bits per heavy atom. The first-order valence-electron chi connectivity index (χ1n) is 15.4. The highest BCUT2D eigenvalue weighted by Gasteiger charge is 2.23. The maximum Gasteiger partial charge on any atom is -0.000740 e. The predicted octanol–water partition coefficient (Wildman–Crippen LogP) is 12.5. The van der Waals surface area contributed by atoms with Gasteiger partial charge in [-0.2, -0.15) is 0 Å². The molecule has 0 aliphatic carbocycles. The summed E-state index contributed by atoms with van der Waals surface area (Å²) < 4.78 is 0. The van der Waals surface area contributed by atoms with Crippen LogP contribution in [-0.4, -0.2) is 0 Å². The van der Waals surface area contributed by atoms with Crippen molar-refractivity contribution in [2.24, 2.45) is 0 Å². The molecule has 10 aromatic carbocycles. The topological polar surface area (TPSA) is 0 Å². The summed E-state index contributed by atoms with van der Waals surface area (Å²) in [6, 6.07) is 58.4. The predicted molar refractivity (Wildman–Crippen MR) is 191 cm³/mol. The molecule has 0 N–H and O–H groups in total. The van der Waals surface area contributed by atoms with Crippen LogP contribution in [0.3, 0.4) is 0 Å². The van der Waals surface area contributed by atoms with E-state index in [2.05, 4.69) is 158 Å². The monoisotopic (exact) mass is 554 g/mol. The number of fused-ring (bicyclic) bond motifs is 7. The maximum absolute atomic E-state index is 2.34. The SMILES string of the molecule is c1ccc(-c2c3ccccc3c3c4c2cccc4c2cccc4c(-c5cccc6ccccc56)c5ccccc5c3c42)cc1. The molecular weight excluding hydrogens is 528 g/mol. The van der Waals surface area contributed by atoms with E-state index in [-0.39, 0.29) is 0 Å². The Kier molecular flexibility index (Phi) is 4.81. The minimum atomic E-state index is 1.26. The van der Waals surface area contributed by atoms with Crippen molar-refractivity contribution < 1.29 is 0 Å². The number of hydrogen-bond acceptors (Lipinski definition) is 0. The van der Waals surface area contributed by atoms with Crippen molar-refractivity contribution >= 4 is 75.4 Å². The van der Waals surface area contributed by atoms with Gasteiger partial charge in [0.1, 0.15) is 0 Å². The van der Waals surface area contributed by atoms with E-state index in [0.717, 1.165) is 0 Å². The number of benzene rings is 10. The van der Waals surface area contributed by atoms with Crippen LogP contribution in [0.2, 0.25) is 0 Å². The average molecular weight is 555 g/mol. The van der Waals surface area contributed by atoms with Crippen LogP contribution in [0.1, 0.15) is 0 Å². The first-order chi connectivity index (χ1) is 21.9. The van der Waals surface area contributed by atoms with Gasteiger partial charge in [0, 0.05) is 0 Å².